The van der Waals surface area contributed by atoms with Crippen LogP contribution in [0.25, 0.3) is 6.08 Å². The SMILES string of the molecule is CCC(C)c1cnccc1/C=C\CC(C)C. The van der Waals surface area contributed by atoms with E-state index in [0.717, 1.165) is 18.8 Å². The molecule has 0 aromatic carbocycles. The molecular formula is C15H23N. The van der Waals surface area contributed by atoms with E-state index in [4.69, 9.17) is 0 Å². The third kappa shape index (κ3) is 3.80. The van der Waals surface area contributed by atoms with Crippen molar-refractivity contribution in [2.45, 2.75) is 46.5 Å². The van der Waals surface area contributed by atoms with E-state index in [9.17, 15) is 0 Å². The van der Waals surface area contributed by atoms with Gasteiger partial charge in [0.2, 0.25) is 0 Å². The first-order valence-corrected chi connectivity index (χ1v) is 6.25. The molecule has 1 heterocycles. The smallest absolute Gasteiger partial charge is 0.0308 e. The van der Waals surface area contributed by atoms with Crippen LogP contribution < -0.4 is 0 Å². The molecule has 1 aromatic rings. The molecule has 1 atom stereocenters. The lowest BCUT2D eigenvalue weighted by Crippen LogP contribution is -1.95. The van der Waals surface area contributed by atoms with E-state index < -0.39 is 0 Å². The Balaban J connectivity index is 2.82. The molecule has 0 saturated carbocycles. The van der Waals surface area contributed by atoms with Crippen LogP contribution in [0.15, 0.2) is 24.5 Å². The summed E-state index contributed by atoms with van der Waals surface area (Å²) in [5.41, 5.74) is 2.69. The highest BCUT2D eigenvalue weighted by molar-refractivity contribution is 5.53. The van der Waals surface area contributed by atoms with E-state index >= 15 is 0 Å². The molecule has 0 fully saturated rings. The van der Waals surface area contributed by atoms with Crippen LogP contribution in [0.4, 0.5) is 0 Å². The number of hydrogen-bond acceptors (Lipinski definition) is 1. The van der Waals surface area contributed by atoms with Gasteiger partial charge in [-0.15, -0.1) is 0 Å². The first-order valence-electron chi connectivity index (χ1n) is 6.25. The number of allylic oxidation sites excluding steroid dienone is 1. The highest BCUT2D eigenvalue weighted by atomic mass is 14.6. The summed E-state index contributed by atoms with van der Waals surface area (Å²) in [7, 11) is 0. The minimum absolute atomic E-state index is 0.590. The summed E-state index contributed by atoms with van der Waals surface area (Å²) in [6.07, 6.45) is 10.7. The average molecular weight is 217 g/mol. The van der Waals surface area contributed by atoms with Crippen molar-refractivity contribution in [3.63, 3.8) is 0 Å². The number of aromatic nitrogens is 1. The van der Waals surface area contributed by atoms with Crippen LogP contribution in [-0.2, 0) is 0 Å². The molecular weight excluding hydrogens is 194 g/mol. The van der Waals surface area contributed by atoms with Gasteiger partial charge >= 0.3 is 0 Å². The summed E-state index contributed by atoms with van der Waals surface area (Å²) in [5.74, 6) is 1.32. The Morgan fingerprint density at radius 1 is 1.31 bits per heavy atom. The molecule has 0 bridgehead atoms. The molecule has 1 heteroatoms. The van der Waals surface area contributed by atoms with Crippen molar-refractivity contribution < 1.29 is 0 Å². The number of rotatable bonds is 5. The maximum absolute atomic E-state index is 4.22. The van der Waals surface area contributed by atoms with E-state index in [-0.39, 0.29) is 0 Å². The maximum atomic E-state index is 4.22. The van der Waals surface area contributed by atoms with Crippen LogP contribution in [0.3, 0.4) is 0 Å². The van der Waals surface area contributed by atoms with Gasteiger partial charge in [-0.2, -0.15) is 0 Å². The second kappa shape index (κ2) is 6.47. The molecule has 1 nitrogen and oxygen atoms in total. The van der Waals surface area contributed by atoms with E-state index in [2.05, 4.69) is 50.9 Å². The largest absolute Gasteiger partial charge is 0.264 e. The summed E-state index contributed by atoms with van der Waals surface area (Å²) in [6.45, 7) is 8.97. The highest BCUT2D eigenvalue weighted by Crippen LogP contribution is 2.22. The third-order valence-electron chi connectivity index (χ3n) is 2.94. The zero-order valence-electron chi connectivity index (χ0n) is 10.9. The Hall–Kier alpha value is -1.11. The molecule has 1 rings (SSSR count). The van der Waals surface area contributed by atoms with Crippen molar-refractivity contribution in [2.24, 2.45) is 5.92 Å². The van der Waals surface area contributed by atoms with Crippen LogP contribution in [0, 0.1) is 5.92 Å². The molecule has 88 valence electrons. The molecule has 0 amide bonds. The fourth-order valence-electron chi connectivity index (χ4n) is 1.67. The fourth-order valence-corrected chi connectivity index (χ4v) is 1.67. The third-order valence-corrected chi connectivity index (χ3v) is 2.94. The zero-order valence-corrected chi connectivity index (χ0v) is 10.9. The Morgan fingerprint density at radius 3 is 2.69 bits per heavy atom. The van der Waals surface area contributed by atoms with Gasteiger partial charge in [0.1, 0.15) is 0 Å². The molecule has 16 heavy (non-hydrogen) atoms. The molecule has 0 aliphatic carbocycles. The summed E-state index contributed by atoms with van der Waals surface area (Å²) < 4.78 is 0. The number of hydrogen-bond donors (Lipinski definition) is 0. The van der Waals surface area contributed by atoms with Gasteiger partial charge in [-0.1, -0.05) is 39.8 Å². The van der Waals surface area contributed by atoms with Crippen LogP contribution in [0.5, 0.6) is 0 Å². The predicted octanol–water partition coefficient (Wildman–Crippen LogP) is 4.65. The standard InChI is InChI=1S/C15H23N/c1-5-13(4)15-11-16-10-9-14(15)8-6-7-12(2)3/h6,8-13H,5,7H2,1-4H3/b8-6-. The van der Waals surface area contributed by atoms with Crippen molar-refractivity contribution in [3.05, 3.63) is 35.7 Å². The number of pyridine rings is 1. The molecule has 0 saturated heterocycles. The van der Waals surface area contributed by atoms with Gasteiger partial charge in [-0.3, -0.25) is 4.98 Å². The van der Waals surface area contributed by atoms with E-state index in [1.54, 1.807) is 0 Å². The molecule has 0 N–H and O–H groups in total. The Morgan fingerprint density at radius 2 is 2.06 bits per heavy atom. The van der Waals surface area contributed by atoms with Crippen molar-refractivity contribution >= 4 is 6.08 Å². The van der Waals surface area contributed by atoms with Gasteiger partial charge < -0.3 is 0 Å². The van der Waals surface area contributed by atoms with Gasteiger partial charge in [0, 0.05) is 12.4 Å². The minimum atomic E-state index is 0.590. The summed E-state index contributed by atoms with van der Waals surface area (Å²) >= 11 is 0. The van der Waals surface area contributed by atoms with Crippen molar-refractivity contribution in [1.82, 2.24) is 4.98 Å². The van der Waals surface area contributed by atoms with Crippen molar-refractivity contribution in [1.29, 1.82) is 0 Å². The van der Waals surface area contributed by atoms with Crippen LogP contribution >= 0.6 is 0 Å². The first kappa shape index (κ1) is 13.0. The number of nitrogens with zero attached hydrogens (tertiary/aromatic N) is 1. The molecule has 1 aromatic heterocycles. The minimum Gasteiger partial charge on any atom is -0.264 e. The van der Waals surface area contributed by atoms with Crippen molar-refractivity contribution in [3.8, 4) is 0 Å². The lowest BCUT2D eigenvalue weighted by molar-refractivity contribution is 0.665. The maximum Gasteiger partial charge on any atom is 0.0308 e. The summed E-state index contributed by atoms with van der Waals surface area (Å²) in [5, 5.41) is 0. The second-order valence-corrected chi connectivity index (χ2v) is 4.85. The van der Waals surface area contributed by atoms with Crippen LogP contribution in [0.1, 0.15) is 57.6 Å². The highest BCUT2D eigenvalue weighted by Gasteiger charge is 2.06. The topological polar surface area (TPSA) is 12.9 Å². The normalized spacial score (nSPS) is 13.6. The summed E-state index contributed by atoms with van der Waals surface area (Å²) in [4.78, 5) is 4.22. The fraction of sp³-hybridized carbons (Fsp3) is 0.533. The van der Waals surface area contributed by atoms with Gasteiger partial charge in [-0.05, 0) is 41.9 Å². The molecule has 1 unspecified atom stereocenters. The lowest BCUT2D eigenvalue weighted by atomic mass is 9.95. The van der Waals surface area contributed by atoms with Gasteiger partial charge in [0.15, 0.2) is 0 Å². The molecule has 0 radical (unpaired) electrons. The van der Waals surface area contributed by atoms with E-state index in [0.29, 0.717) is 5.92 Å². The van der Waals surface area contributed by atoms with E-state index in [1.807, 2.05) is 12.4 Å². The average Bonchev–Trinajstić information content (AvgIpc) is 2.28. The first-order chi connectivity index (χ1) is 7.65. The van der Waals surface area contributed by atoms with Crippen LogP contribution in [-0.4, -0.2) is 4.98 Å². The lowest BCUT2D eigenvalue weighted by Gasteiger charge is -2.11. The Bertz CT molecular complexity index is 339. The quantitative estimate of drug-likeness (QED) is 0.699. The molecule has 0 spiro atoms. The second-order valence-electron chi connectivity index (χ2n) is 4.85. The monoisotopic (exact) mass is 217 g/mol. The van der Waals surface area contributed by atoms with Gasteiger partial charge in [0.05, 0.1) is 0 Å². The Labute approximate surface area is 99.6 Å². The van der Waals surface area contributed by atoms with Crippen LogP contribution in [0.2, 0.25) is 0 Å². The van der Waals surface area contributed by atoms with Gasteiger partial charge in [-0.25, -0.2) is 0 Å². The van der Waals surface area contributed by atoms with Gasteiger partial charge in [0.25, 0.3) is 0 Å². The molecule has 0 aliphatic heterocycles. The molecule has 0 aliphatic rings. The predicted molar refractivity (Wildman–Crippen MR) is 71.4 cm³/mol. The van der Waals surface area contributed by atoms with Crippen molar-refractivity contribution in [2.75, 3.05) is 0 Å². The zero-order chi connectivity index (χ0) is 12.0. The summed E-state index contributed by atoms with van der Waals surface area (Å²) in [6, 6.07) is 2.11. The van der Waals surface area contributed by atoms with E-state index in [1.165, 1.54) is 11.1 Å². The Kier molecular flexibility index (Phi) is 5.24.